The van der Waals surface area contributed by atoms with Crippen molar-refractivity contribution < 1.29 is 0 Å². The highest BCUT2D eigenvalue weighted by atomic mass is 35.5. The second kappa shape index (κ2) is 5.46. The second-order valence-electron chi connectivity index (χ2n) is 5.00. The van der Waals surface area contributed by atoms with E-state index in [1.54, 1.807) is 29.3 Å². The van der Waals surface area contributed by atoms with Crippen LogP contribution in [0.5, 0.6) is 0 Å². The maximum absolute atomic E-state index is 6.38. The van der Waals surface area contributed by atoms with Gasteiger partial charge in [-0.1, -0.05) is 18.5 Å². The summed E-state index contributed by atoms with van der Waals surface area (Å²) in [7, 11) is 1.89. The molecule has 3 heterocycles. The first-order valence-electron chi connectivity index (χ1n) is 6.84. The predicted octanol–water partition coefficient (Wildman–Crippen LogP) is 1.92. The summed E-state index contributed by atoms with van der Waals surface area (Å²) in [6, 6.07) is -0.204. The Labute approximate surface area is 127 Å². The Morgan fingerprint density at radius 3 is 2.90 bits per heavy atom. The standard InChI is InChI=1S/C14H17ClN6/c1-3-11-14(15)12(20(2)19-11)6-10(16)9-7-18-21-5-4-17-8-13(9)21/h4-5,7-8,10H,3,6,16H2,1-2H3. The maximum Gasteiger partial charge on any atom is 0.0892 e. The molecule has 6 nitrogen and oxygen atoms in total. The molecule has 0 aliphatic rings. The summed E-state index contributed by atoms with van der Waals surface area (Å²) in [5.74, 6) is 0. The van der Waals surface area contributed by atoms with Gasteiger partial charge in [-0.2, -0.15) is 10.2 Å². The molecule has 110 valence electrons. The van der Waals surface area contributed by atoms with E-state index in [4.69, 9.17) is 17.3 Å². The van der Waals surface area contributed by atoms with E-state index >= 15 is 0 Å². The third-order valence-corrected chi connectivity index (χ3v) is 4.11. The Hall–Kier alpha value is -1.92. The number of aromatic nitrogens is 5. The highest BCUT2D eigenvalue weighted by molar-refractivity contribution is 6.31. The molecule has 3 aromatic rings. The van der Waals surface area contributed by atoms with Crippen molar-refractivity contribution in [3.05, 3.63) is 46.8 Å². The minimum atomic E-state index is -0.204. The van der Waals surface area contributed by atoms with E-state index in [1.807, 2.05) is 18.7 Å². The number of hydrogen-bond donors (Lipinski definition) is 1. The molecule has 3 rings (SSSR count). The van der Waals surface area contributed by atoms with Crippen LogP contribution in [0.4, 0.5) is 0 Å². The van der Waals surface area contributed by atoms with Gasteiger partial charge in [0.1, 0.15) is 0 Å². The Balaban J connectivity index is 1.93. The van der Waals surface area contributed by atoms with Crippen LogP contribution in [0, 0.1) is 0 Å². The second-order valence-corrected chi connectivity index (χ2v) is 5.38. The quantitative estimate of drug-likeness (QED) is 0.799. The lowest BCUT2D eigenvalue weighted by Crippen LogP contribution is -2.15. The van der Waals surface area contributed by atoms with Gasteiger partial charge in [-0.25, -0.2) is 4.52 Å². The van der Waals surface area contributed by atoms with Crippen molar-refractivity contribution in [2.75, 3.05) is 0 Å². The van der Waals surface area contributed by atoms with Gasteiger partial charge < -0.3 is 5.73 Å². The third-order valence-electron chi connectivity index (χ3n) is 3.67. The zero-order valence-electron chi connectivity index (χ0n) is 12.0. The van der Waals surface area contributed by atoms with Crippen LogP contribution in [0.25, 0.3) is 5.52 Å². The number of rotatable bonds is 4. The topological polar surface area (TPSA) is 74.0 Å². The number of nitrogens with two attached hydrogens (primary N) is 1. The van der Waals surface area contributed by atoms with Crippen molar-refractivity contribution in [3.63, 3.8) is 0 Å². The lowest BCUT2D eigenvalue weighted by molar-refractivity contribution is 0.640. The molecular formula is C14H17ClN6. The Bertz CT molecular complexity index is 775. The molecule has 0 spiro atoms. The number of nitrogens with zero attached hydrogens (tertiary/aromatic N) is 5. The van der Waals surface area contributed by atoms with Crippen molar-refractivity contribution in [2.24, 2.45) is 12.8 Å². The third kappa shape index (κ3) is 2.41. The summed E-state index contributed by atoms with van der Waals surface area (Å²) in [4.78, 5) is 4.13. The summed E-state index contributed by atoms with van der Waals surface area (Å²) in [6.45, 7) is 2.04. The Kier molecular flexibility index (Phi) is 3.65. The summed E-state index contributed by atoms with van der Waals surface area (Å²) in [5, 5.41) is 9.42. The Morgan fingerprint density at radius 1 is 1.38 bits per heavy atom. The fourth-order valence-corrected chi connectivity index (χ4v) is 2.87. The van der Waals surface area contributed by atoms with E-state index < -0.39 is 0 Å². The van der Waals surface area contributed by atoms with Crippen LogP contribution < -0.4 is 5.73 Å². The van der Waals surface area contributed by atoms with Gasteiger partial charge in [-0.05, 0) is 6.42 Å². The fourth-order valence-electron chi connectivity index (χ4n) is 2.50. The summed E-state index contributed by atoms with van der Waals surface area (Å²) in [6.07, 6.45) is 8.47. The van der Waals surface area contributed by atoms with Crippen LogP contribution in [0.15, 0.2) is 24.8 Å². The smallest absolute Gasteiger partial charge is 0.0892 e. The van der Waals surface area contributed by atoms with E-state index in [9.17, 15) is 0 Å². The minimum absolute atomic E-state index is 0.204. The van der Waals surface area contributed by atoms with Crippen molar-refractivity contribution in [1.82, 2.24) is 24.4 Å². The van der Waals surface area contributed by atoms with E-state index in [0.29, 0.717) is 11.4 Å². The van der Waals surface area contributed by atoms with Crippen molar-refractivity contribution in [3.8, 4) is 0 Å². The predicted molar refractivity (Wildman–Crippen MR) is 81.2 cm³/mol. The molecule has 0 saturated heterocycles. The highest BCUT2D eigenvalue weighted by Gasteiger charge is 2.19. The molecule has 1 atom stereocenters. The normalized spacial score (nSPS) is 13.0. The van der Waals surface area contributed by atoms with Gasteiger partial charge in [0.05, 0.1) is 34.3 Å². The van der Waals surface area contributed by atoms with E-state index in [1.165, 1.54) is 0 Å². The van der Waals surface area contributed by atoms with Crippen LogP contribution in [0.2, 0.25) is 5.02 Å². The lowest BCUT2D eigenvalue weighted by Gasteiger charge is -2.11. The van der Waals surface area contributed by atoms with E-state index in [2.05, 4.69) is 15.2 Å². The average Bonchev–Trinajstić information content (AvgIpc) is 3.03. The molecule has 0 bridgehead atoms. The molecule has 0 aliphatic heterocycles. The zero-order chi connectivity index (χ0) is 15.0. The van der Waals surface area contributed by atoms with Crippen molar-refractivity contribution in [1.29, 1.82) is 0 Å². The first-order chi connectivity index (χ1) is 10.1. The molecule has 0 fully saturated rings. The van der Waals surface area contributed by atoms with Gasteiger partial charge in [0.2, 0.25) is 0 Å². The monoisotopic (exact) mass is 304 g/mol. The van der Waals surface area contributed by atoms with Crippen LogP contribution in [0.3, 0.4) is 0 Å². The van der Waals surface area contributed by atoms with E-state index in [-0.39, 0.29) is 6.04 Å². The van der Waals surface area contributed by atoms with E-state index in [0.717, 1.165) is 28.9 Å². The largest absolute Gasteiger partial charge is 0.324 e. The molecule has 1 unspecified atom stereocenters. The van der Waals surface area contributed by atoms with Crippen LogP contribution in [0.1, 0.15) is 29.9 Å². The van der Waals surface area contributed by atoms with Crippen LogP contribution in [-0.2, 0) is 19.9 Å². The fraction of sp³-hybridized carbons (Fsp3) is 0.357. The maximum atomic E-state index is 6.38. The van der Waals surface area contributed by atoms with Crippen LogP contribution >= 0.6 is 11.6 Å². The number of hydrogen-bond acceptors (Lipinski definition) is 4. The minimum Gasteiger partial charge on any atom is -0.324 e. The zero-order valence-corrected chi connectivity index (χ0v) is 12.7. The summed E-state index contributed by atoms with van der Waals surface area (Å²) in [5.41, 5.74) is 10.1. The SMILES string of the molecule is CCc1nn(C)c(CC(N)c2cnn3ccncc23)c1Cl. The molecule has 0 aromatic carbocycles. The van der Waals surface area contributed by atoms with Crippen molar-refractivity contribution in [2.45, 2.75) is 25.8 Å². The molecule has 0 amide bonds. The van der Waals surface area contributed by atoms with Crippen LogP contribution in [-0.4, -0.2) is 24.4 Å². The molecule has 21 heavy (non-hydrogen) atoms. The molecule has 7 heteroatoms. The van der Waals surface area contributed by atoms with Gasteiger partial charge in [-0.3, -0.25) is 9.67 Å². The molecule has 0 radical (unpaired) electrons. The number of fused-ring (bicyclic) bond motifs is 1. The Morgan fingerprint density at radius 2 is 2.19 bits per heavy atom. The first-order valence-corrected chi connectivity index (χ1v) is 7.22. The molecule has 3 aromatic heterocycles. The number of aryl methyl sites for hydroxylation is 2. The van der Waals surface area contributed by atoms with Gasteiger partial charge in [0.15, 0.2) is 0 Å². The first kappa shape index (κ1) is 14.0. The lowest BCUT2D eigenvalue weighted by atomic mass is 10.0. The summed E-state index contributed by atoms with van der Waals surface area (Å²) >= 11 is 6.38. The van der Waals surface area contributed by atoms with Gasteiger partial charge in [0.25, 0.3) is 0 Å². The molecule has 0 aliphatic carbocycles. The average molecular weight is 305 g/mol. The van der Waals surface area contributed by atoms with Gasteiger partial charge in [0, 0.05) is 37.5 Å². The van der Waals surface area contributed by atoms with Gasteiger partial charge in [-0.15, -0.1) is 0 Å². The number of halogens is 1. The molecular weight excluding hydrogens is 288 g/mol. The highest BCUT2D eigenvalue weighted by Crippen LogP contribution is 2.26. The van der Waals surface area contributed by atoms with Crippen molar-refractivity contribution >= 4 is 17.1 Å². The summed E-state index contributed by atoms with van der Waals surface area (Å²) < 4.78 is 3.58. The molecule has 2 N–H and O–H groups in total. The van der Waals surface area contributed by atoms with Gasteiger partial charge >= 0.3 is 0 Å². The molecule has 0 saturated carbocycles.